The minimum absolute atomic E-state index is 0.0967. The zero-order valence-corrected chi connectivity index (χ0v) is 18.3. The van der Waals surface area contributed by atoms with E-state index in [1.165, 1.54) is 22.9 Å². The van der Waals surface area contributed by atoms with Crippen LogP contribution in [0.15, 0.2) is 78.9 Å². The summed E-state index contributed by atoms with van der Waals surface area (Å²) < 4.78 is 30.4. The summed E-state index contributed by atoms with van der Waals surface area (Å²) in [4.78, 5) is 0. The summed E-state index contributed by atoms with van der Waals surface area (Å²) in [5.41, 5.74) is 3.24. The number of hydrogen-bond acceptors (Lipinski definition) is 5. The predicted octanol–water partition coefficient (Wildman–Crippen LogP) is 6.37. The summed E-state index contributed by atoms with van der Waals surface area (Å²) in [7, 11) is 0. The number of hydrogen-bond donors (Lipinski definition) is 2. The molecule has 1 heterocycles. The molecule has 0 spiro atoms. The van der Waals surface area contributed by atoms with E-state index in [0.717, 1.165) is 16.9 Å². The normalized spacial score (nSPS) is 12.7. The summed E-state index contributed by atoms with van der Waals surface area (Å²) >= 11 is 0. The van der Waals surface area contributed by atoms with Gasteiger partial charge in [0.15, 0.2) is 11.5 Å². The van der Waals surface area contributed by atoms with Gasteiger partial charge in [-0.3, -0.25) is 0 Å². The second-order valence-electron chi connectivity index (χ2n) is 7.72. The maximum Gasteiger partial charge on any atom is 0.161 e. The molecule has 1 aliphatic heterocycles. The molecule has 0 unspecified atom stereocenters. The standard InChI is InChI=1S/C27H25FN2O3/c1-2-31-25-17-19(9-14-24(25)33-16-15-32-21-12-10-20(28)11-13-21)27-29-22-7-3-5-18-6-4-8-23(30-27)26(18)22/h3-14,17,27,29-30H,2,15-16H2,1H3. The van der Waals surface area contributed by atoms with Crippen molar-refractivity contribution in [2.45, 2.75) is 13.1 Å². The highest BCUT2D eigenvalue weighted by molar-refractivity contribution is 6.04. The minimum Gasteiger partial charge on any atom is -0.490 e. The lowest BCUT2D eigenvalue weighted by molar-refractivity contribution is 0.208. The van der Waals surface area contributed by atoms with Gasteiger partial charge in [-0.25, -0.2) is 4.39 Å². The number of ether oxygens (including phenoxy) is 3. The number of benzene rings is 4. The summed E-state index contributed by atoms with van der Waals surface area (Å²) in [6.07, 6.45) is -0.0967. The van der Waals surface area contributed by atoms with Crippen molar-refractivity contribution in [1.82, 2.24) is 0 Å². The molecule has 0 bridgehead atoms. The molecule has 0 radical (unpaired) electrons. The molecule has 4 aromatic rings. The van der Waals surface area contributed by atoms with Crippen molar-refractivity contribution >= 4 is 22.1 Å². The van der Waals surface area contributed by atoms with Crippen LogP contribution in [0, 0.1) is 5.82 Å². The van der Waals surface area contributed by atoms with Gasteiger partial charge in [-0.1, -0.05) is 30.3 Å². The molecule has 0 aromatic heterocycles. The monoisotopic (exact) mass is 444 g/mol. The molecular formula is C27H25FN2O3. The van der Waals surface area contributed by atoms with E-state index >= 15 is 0 Å². The molecule has 0 saturated carbocycles. The highest BCUT2D eigenvalue weighted by Crippen LogP contribution is 2.40. The van der Waals surface area contributed by atoms with E-state index in [1.807, 2.05) is 25.1 Å². The van der Waals surface area contributed by atoms with E-state index in [9.17, 15) is 4.39 Å². The van der Waals surface area contributed by atoms with Crippen LogP contribution in [0.25, 0.3) is 10.8 Å². The topological polar surface area (TPSA) is 51.8 Å². The fourth-order valence-electron chi connectivity index (χ4n) is 4.03. The first-order valence-corrected chi connectivity index (χ1v) is 11.0. The van der Waals surface area contributed by atoms with Gasteiger partial charge in [0.05, 0.1) is 6.61 Å². The third kappa shape index (κ3) is 4.51. The van der Waals surface area contributed by atoms with Crippen molar-refractivity contribution < 1.29 is 18.6 Å². The molecule has 168 valence electrons. The average Bonchev–Trinajstić information content (AvgIpc) is 2.84. The fourth-order valence-corrected chi connectivity index (χ4v) is 4.03. The molecule has 33 heavy (non-hydrogen) atoms. The van der Waals surface area contributed by atoms with Crippen LogP contribution in [-0.4, -0.2) is 19.8 Å². The lowest BCUT2D eigenvalue weighted by Crippen LogP contribution is -2.23. The molecule has 0 aliphatic carbocycles. The number of nitrogens with one attached hydrogen (secondary N) is 2. The largest absolute Gasteiger partial charge is 0.490 e. The summed E-state index contributed by atoms with van der Waals surface area (Å²) in [6, 6.07) is 24.4. The first kappa shape index (κ1) is 20.9. The van der Waals surface area contributed by atoms with Crippen LogP contribution in [-0.2, 0) is 0 Å². The van der Waals surface area contributed by atoms with E-state index in [2.05, 4.69) is 47.0 Å². The predicted molar refractivity (Wildman–Crippen MR) is 129 cm³/mol. The second-order valence-corrected chi connectivity index (χ2v) is 7.72. The van der Waals surface area contributed by atoms with E-state index < -0.39 is 0 Å². The van der Waals surface area contributed by atoms with Crippen LogP contribution in [0.3, 0.4) is 0 Å². The van der Waals surface area contributed by atoms with Crippen molar-refractivity contribution in [3.05, 3.63) is 90.2 Å². The maximum absolute atomic E-state index is 13.0. The van der Waals surface area contributed by atoms with E-state index in [-0.39, 0.29) is 12.0 Å². The molecule has 2 N–H and O–H groups in total. The van der Waals surface area contributed by atoms with Crippen LogP contribution in [0.2, 0.25) is 0 Å². The number of halogens is 1. The molecule has 1 aliphatic rings. The Balaban J connectivity index is 1.29. The first-order chi connectivity index (χ1) is 16.2. The molecule has 0 amide bonds. The Morgan fingerprint density at radius 3 is 2.15 bits per heavy atom. The van der Waals surface area contributed by atoms with Crippen molar-refractivity contribution in [2.24, 2.45) is 0 Å². The van der Waals surface area contributed by atoms with Crippen molar-refractivity contribution in [3.63, 3.8) is 0 Å². The van der Waals surface area contributed by atoms with Crippen LogP contribution >= 0.6 is 0 Å². The average molecular weight is 445 g/mol. The Morgan fingerprint density at radius 1 is 0.758 bits per heavy atom. The quantitative estimate of drug-likeness (QED) is 0.309. The molecule has 0 saturated heterocycles. The van der Waals surface area contributed by atoms with Gasteiger partial charge in [0, 0.05) is 16.8 Å². The van der Waals surface area contributed by atoms with Crippen molar-refractivity contribution in [3.8, 4) is 17.2 Å². The van der Waals surface area contributed by atoms with E-state index in [4.69, 9.17) is 14.2 Å². The Bertz CT molecular complexity index is 1220. The second kappa shape index (κ2) is 9.28. The number of anilines is 2. The van der Waals surface area contributed by atoms with Crippen LogP contribution < -0.4 is 24.8 Å². The van der Waals surface area contributed by atoms with Gasteiger partial charge in [-0.15, -0.1) is 0 Å². The molecule has 4 aromatic carbocycles. The molecule has 5 nitrogen and oxygen atoms in total. The van der Waals surface area contributed by atoms with E-state index in [0.29, 0.717) is 37.1 Å². The van der Waals surface area contributed by atoms with Crippen LogP contribution in [0.4, 0.5) is 15.8 Å². The van der Waals surface area contributed by atoms with Crippen LogP contribution in [0.5, 0.6) is 17.2 Å². The highest BCUT2D eigenvalue weighted by atomic mass is 19.1. The Kier molecular flexibility index (Phi) is 5.89. The van der Waals surface area contributed by atoms with Gasteiger partial charge in [0.25, 0.3) is 0 Å². The Labute approximate surface area is 192 Å². The molecule has 5 rings (SSSR count). The summed E-state index contributed by atoms with van der Waals surface area (Å²) in [5.74, 6) is 1.64. The Hall–Kier alpha value is -3.93. The summed E-state index contributed by atoms with van der Waals surface area (Å²) in [6.45, 7) is 3.15. The molecule has 0 fully saturated rings. The maximum atomic E-state index is 13.0. The lowest BCUT2D eigenvalue weighted by Gasteiger charge is -2.30. The van der Waals surface area contributed by atoms with Gasteiger partial charge < -0.3 is 24.8 Å². The third-order valence-corrected chi connectivity index (χ3v) is 5.53. The Morgan fingerprint density at radius 2 is 1.45 bits per heavy atom. The third-order valence-electron chi connectivity index (χ3n) is 5.53. The van der Waals surface area contributed by atoms with Crippen LogP contribution in [0.1, 0.15) is 18.7 Å². The van der Waals surface area contributed by atoms with Gasteiger partial charge in [-0.05, 0) is 66.4 Å². The minimum atomic E-state index is -0.290. The van der Waals surface area contributed by atoms with Gasteiger partial charge >= 0.3 is 0 Å². The summed E-state index contributed by atoms with van der Waals surface area (Å²) in [5, 5.41) is 9.57. The highest BCUT2D eigenvalue weighted by Gasteiger charge is 2.21. The smallest absolute Gasteiger partial charge is 0.161 e. The first-order valence-electron chi connectivity index (χ1n) is 11.0. The van der Waals surface area contributed by atoms with Crippen molar-refractivity contribution in [2.75, 3.05) is 30.5 Å². The van der Waals surface area contributed by atoms with Crippen molar-refractivity contribution in [1.29, 1.82) is 0 Å². The van der Waals surface area contributed by atoms with E-state index in [1.54, 1.807) is 12.1 Å². The van der Waals surface area contributed by atoms with Gasteiger partial charge in [-0.2, -0.15) is 0 Å². The molecule has 6 heteroatoms. The molecule has 0 atom stereocenters. The van der Waals surface area contributed by atoms with Gasteiger partial charge in [0.1, 0.15) is 30.9 Å². The molecular weight excluding hydrogens is 419 g/mol. The van der Waals surface area contributed by atoms with Gasteiger partial charge in [0.2, 0.25) is 0 Å². The lowest BCUT2D eigenvalue weighted by atomic mass is 10.0. The fraction of sp³-hybridized carbons (Fsp3) is 0.185. The number of rotatable bonds is 8. The zero-order valence-electron chi connectivity index (χ0n) is 18.3. The zero-order chi connectivity index (χ0) is 22.6. The SMILES string of the molecule is CCOc1cc(C2Nc3cccc4cccc(c34)N2)ccc1OCCOc1ccc(F)cc1.